The summed E-state index contributed by atoms with van der Waals surface area (Å²) >= 11 is 17.1. The first kappa shape index (κ1) is 15.2. The van der Waals surface area contributed by atoms with Crippen LogP contribution in [0.5, 0.6) is 0 Å². The smallest absolute Gasteiger partial charge is 0.0996 e. The number of hydrogen-bond acceptors (Lipinski definition) is 2. The number of thiophene rings is 1. The van der Waals surface area contributed by atoms with Crippen molar-refractivity contribution < 1.29 is 0 Å². The Morgan fingerprint density at radius 3 is 2.48 bits per heavy atom. The molecule has 0 amide bonds. The van der Waals surface area contributed by atoms with Crippen LogP contribution in [0.1, 0.15) is 18.5 Å². The highest BCUT2D eigenvalue weighted by molar-refractivity contribution is 9.10. The molecule has 21 heavy (non-hydrogen) atoms. The summed E-state index contributed by atoms with van der Waals surface area (Å²) in [6.45, 7) is 2.08. The molecule has 0 aliphatic rings. The van der Waals surface area contributed by atoms with E-state index in [0.29, 0.717) is 4.34 Å². The third-order valence-electron chi connectivity index (χ3n) is 3.34. The van der Waals surface area contributed by atoms with Crippen LogP contribution in [0, 0.1) is 0 Å². The standard InChI is InChI=1S/C16H12BrCl2NS/c1-9(14-8-15(18)21-16(14)19)20-13-5-3-10-6-12(17)4-2-11(10)7-13/h2-9,20H,1H3. The first-order valence-corrected chi connectivity index (χ1v) is 8.80. The molecule has 1 nitrogen and oxygen atoms in total. The second-order valence-corrected chi connectivity index (χ2v) is 8.05. The highest BCUT2D eigenvalue weighted by Crippen LogP contribution is 2.36. The van der Waals surface area contributed by atoms with E-state index in [-0.39, 0.29) is 6.04 Å². The van der Waals surface area contributed by atoms with Gasteiger partial charge in [0.25, 0.3) is 0 Å². The van der Waals surface area contributed by atoms with Crippen LogP contribution in [0.25, 0.3) is 10.8 Å². The van der Waals surface area contributed by atoms with E-state index < -0.39 is 0 Å². The first-order chi connectivity index (χ1) is 10.0. The molecule has 1 N–H and O–H groups in total. The van der Waals surface area contributed by atoms with Gasteiger partial charge in [-0.3, -0.25) is 0 Å². The highest BCUT2D eigenvalue weighted by Gasteiger charge is 2.13. The van der Waals surface area contributed by atoms with Gasteiger partial charge in [0.15, 0.2) is 0 Å². The number of halogens is 3. The van der Waals surface area contributed by atoms with Gasteiger partial charge in [-0.2, -0.15) is 0 Å². The van der Waals surface area contributed by atoms with E-state index in [1.807, 2.05) is 12.1 Å². The minimum absolute atomic E-state index is 0.106. The van der Waals surface area contributed by atoms with Gasteiger partial charge in [0, 0.05) is 15.7 Å². The van der Waals surface area contributed by atoms with Crippen LogP contribution < -0.4 is 5.32 Å². The topological polar surface area (TPSA) is 12.0 Å². The molecule has 1 unspecified atom stereocenters. The summed E-state index contributed by atoms with van der Waals surface area (Å²) in [4.78, 5) is 0. The first-order valence-electron chi connectivity index (χ1n) is 6.43. The summed E-state index contributed by atoms with van der Waals surface area (Å²) in [5.74, 6) is 0. The van der Waals surface area contributed by atoms with Gasteiger partial charge < -0.3 is 5.32 Å². The molecule has 5 heteroatoms. The Hall–Kier alpha value is -0.740. The number of hydrogen-bond donors (Lipinski definition) is 1. The lowest BCUT2D eigenvalue weighted by molar-refractivity contribution is 0.891. The van der Waals surface area contributed by atoms with Crippen LogP contribution >= 0.6 is 50.5 Å². The van der Waals surface area contributed by atoms with Crippen LogP contribution in [0.3, 0.4) is 0 Å². The van der Waals surface area contributed by atoms with Gasteiger partial charge in [-0.15, -0.1) is 11.3 Å². The average Bonchev–Trinajstić information content (AvgIpc) is 2.78. The van der Waals surface area contributed by atoms with Crippen molar-refractivity contribution in [2.45, 2.75) is 13.0 Å². The van der Waals surface area contributed by atoms with E-state index in [1.165, 1.54) is 22.1 Å². The fourth-order valence-electron chi connectivity index (χ4n) is 2.28. The van der Waals surface area contributed by atoms with Crippen molar-refractivity contribution in [3.63, 3.8) is 0 Å². The molecule has 2 aromatic carbocycles. The second kappa shape index (κ2) is 6.17. The summed E-state index contributed by atoms with van der Waals surface area (Å²) < 4.78 is 2.54. The van der Waals surface area contributed by atoms with Crippen molar-refractivity contribution in [3.05, 3.63) is 61.2 Å². The maximum absolute atomic E-state index is 6.21. The Balaban J connectivity index is 1.87. The lowest BCUT2D eigenvalue weighted by atomic mass is 10.1. The molecule has 1 heterocycles. The van der Waals surface area contributed by atoms with Crippen LogP contribution in [0.15, 0.2) is 46.9 Å². The summed E-state index contributed by atoms with van der Waals surface area (Å²) in [6, 6.07) is 14.6. The Labute approximate surface area is 146 Å². The lowest BCUT2D eigenvalue weighted by Crippen LogP contribution is -2.05. The molecule has 0 saturated heterocycles. The molecule has 0 aliphatic heterocycles. The van der Waals surface area contributed by atoms with E-state index >= 15 is 0 Å². The Morgan fingerprint density at radius 1 is 1.05 bits per heavy atom. The predicted molar refractivity (Wildman–Crippen MR) is 98.0 cm³/mol. The molecule has 108 valence electrons. The monoisotopic (exact) mass is 399 g/mol. The lowest BCUT2D eigenvalue weighted by Gasteiger charge is -2.15. The van der Waals surface area contributed by atoms with Crippen molar-refractivity contribution in [3.8, 4) is 0 Å². The molecule has 0 saturated carbocycles. The molecular weight excluding hydrogens is 389 g/mol. The van der Waals surface area contributed by atoms with E-state index in [1.54, 1.807) is 0 Å². The highest BCUT2D eigenvalue weighted by atomic mass is 79.9. The Morgan fingerprint density at radius 2 is 1.76 bits per heavy atom. The minimum atomic E-state index is 0.106. The van der Waals surface area contributed by atoms with Crippen molar-refractivity contribution in [2.24, 2.45) is 0 Å². The molecule has 0 fully saturated rings. The normalized spacial score (nSPS) is 12.6. The van der Waals surface area contributed by atoms with Gasteiger partial charge in [-0.25, -0.2) is 0 Å². The molecule has 0 radical (unpaired) electrons. The minimum Gasteiger partial charge on any atom is -0.378 e. The second-order valence-electron chi connectivity index (χ2n) is 4.85. The van der Waals surface area contributed by atoms with Crippen LogP contribution in [0.4, 0.5) is 5.69 Å². The van der Waals surface area contributed by atoms with Crippen molar-refractivity contribution in [1.29, 1.82) is 0 Å². The van der Waals surface area contributed by atoms with Crippen LogP contribution in [-0.2, 0) is 0 Å². The van der Waals surface area contributed by atoms with Crippen LogP contribution in [0.2, 0.25) is 8.67 Å². The maximum atomic E-state index is 6.21. The van der Waals surface area contributed by atoms with Crippen molar-refractivity contribution in [1.82, 2.24) is 0 Å². The molecule has 3 aromatic rings. The van der Waals surface area contributed by atoms with E-state index in [2.05, 4.69) is 58.5 Å². The SMILES string of the molecule is CC(Nc1ccc2cc(Br)ccc2c1)c1cc(Cl)sc1Cl. The van der Waals surface area contributed by atoms with Gasteiger partial charge >= 0.3 is 0 Å². The molecule has 0 bridgehead atoms. The van der Waals surface area contributed by atoms with E-state index in [4.69, 9.17) is 23.2 Å². The summed E-state index contributed by atoms with van der Waals surface area (Å²) in [7, 11) is 0. The zero-order chi connectivity index (χ0) is 15.0. The van der Waals surface area contributed by atoms with E-state index in [0.717, 1.165) is 20.1 Å². The maximum Gasteiger partial charge on any atom is 0.0996 e. The fourth-order valence-corrected chi connectivity index (χ4v) is 4.31. The molecule has 3 rings (SSSR count). The number of benzene rings is 2. The summed E-state index contributed by atoms with van der Waals surface area (Å²) in [6.07, 6.45) is 0. The third-order valence-corrected chi connectivity index (χ3v) is 5.35. The van der Waals surface area contributed by atoms with Gasteiger partial charge in [0.05, 0.1) is 14.7 Å². The molecule has 1 atom stereocenters. The van der Waals surface area contributed by atoms with Crippen molar-refractivity contribution in [2.75, 3.05) is 5.32 Å². The number of rotatable bonds is 3. The van der Waals surface area contributed by atoms with E-state index in [9.17, 15) is 0 Å². The average molecular weight is 401 g/mol. The number of fused-ring (bicyclic) bond motifs is 1. The predicted octanol–water partition coefficient (Wildman–Crippen LogP) is 7.14. The Kier molecular flexibility index (Phi) is 4.46. The van der Waals surface area contributed by atoms with Gasteiger partial charge in [0.1, 0.15) is 0 Å². The molecule has 0 aliphatic carbocycles. The van der Waals surface area contributed by atoms with Crippen molar-refractivity contribution >= 4 is 66.9 Å². The zero-order valence-electron chi connectivity index (χ0n) is 11.2. The summed E-state index contributed by atoms with van der Waals surface area (Å²) in [5, 5.41) is 5.88. The quantitative estimate of drug-likeness (QED) is 0.492. The Bertz CT molecular complexity index is 800. The third kappa shape index (κ3) is 3.37. The van der Waals surface area contributed by atoms with Gasteiger partial charge in [-0.05, 0) is 48.0 Å². The number of nitrogens with one attached hydrogen (secondary N) is 1. The zero-order valence-corrected chi connectivity index (χ0v) is 15.1. The van der Waals surface area contributed by atoms with Gasteiger partial charge in [-0.1, -0.05) is 51.3 Å². The fraction of sp³-hybridized carbons (Fsp3) is 0.125. The molecule has 1 aromatic heterocycles. The van der Waals surface area contributed by atoms with Crippen LogP contribution in [-0.4, -0.2) is 0 Å². The number of anilines is 1. The molecular formula is C16H12BrCl2NS. The van der Waals surface area contributed by atoms with Gasteiger partial charge in [0.2, 0.25) is 0 Å². The molecule has 0 spiro atoms. The largest absolute Gasteiger partial charge is 0.378 e. The summed E-state index contributed by atoms with van der Waals surface area (Å²) in [5.41, 5.74) is 2.10.